The molecule has 0 unspecified atom stereocenters. The molecule has 1 heterocycles. The van der Waals surface area contributed by atoms with Crippen molar-refractivity contribution >= 4 is 72.5 Å². The Balaban J connectivity index is 2.14. The van der Waals surface area contributed by atoms with Gasteiger partial charge in [-0.3, -0.25) is 4.79 Å². The van der Waals surface area contributed by atoms with Gasteiger partial charge in [0.25, 0.3) is 15.9 Å². The number of hydrogen-bond acceptors (Lipinski definition) is 4. The zero-order chi connectivity index (χ0) is 16.3. The molecule has 1 N–H and O–H groups in total. The first kappa shape index (κ1) is 17.5. The van der Waals surface area contributed by atoms with E-state index in [-0.39, 0.29) is 10.6 Å². The summed E-state index contributed by atoms with van der Waals surface area (Å²) in [4.78, 5) is 12.7. The molecule has 2 aromatic rings. The minimum atomic E-state index is -3.93. The van der Waals surface area contributed by atoms with Gasteiger partial charge in [0.2, 0.25) is 0 Å². The number of carbonyl (C=O) groups excluding carboxylic acids is 1. The van der Waals surface area contributed by atoms with Crippen LogP contribution in [0.15, 0.2) is 39.5 Å². The molecule has 0 aliphatic carbocycles. The summed E-state index contributed by atoms with van der Waals surface area (Å²) in [7, 11) is -3.93. The van der Waals surface area contributed by atoms with E-state index in [4.69, 9.17) is 23.2 Å². The predicted molar refractivity (Wildman–Crippen MR) is 93.9 cm³/mol. The van der Waals surface area contributed by atoms with Crippen LogP contribution >= 0.6 is 50.5 Å². The molecule has 2 rings (SSSR count). The molecule has 1 amide bonds. The number of rotatable bonds is 4. The molecule has 0 aliphatic heterocycles. The number of thiophene rings is 1. The molecule has 0 atom stereocenters. The van der Waals surface area contributed by atoms with Crippen molar-refractivity contribution in [3.63, 3.8) is 0 Å². The number of sulfonamides is 1. The fourth-order valence-corrected chi connectivity index (χ4v) is 4.14. The van der Waals surface area contributed by atoms with E-state index in [0.29, 0.717) is 5.02 Å². The Kier molecular flexibility index (Phi) is 5.68. The summed E-state index contributed by atoms with van der Waals surface area (Å²) in [6, 6.07) is 5.93. The number of nitrogens with one attached hydrogen (secondary N) is 1. The van der Waals surface area contributed by atoms with Crippen LogP contribution in [0.1, 0.15) is 15.2 Å². The molecular formula is C13H8BrCl2NO3S2. The zero-order valence-corrected chi connectivity index (χ0v) is 15.4. The summed E-state index contributed by atoms with van der Waals surface area (Å²) in [6.45, 7) is 0. The average Bonchev–Trinajstić information content (AvgIpc) is 2.81. The summed E-state index contributed by atoms with van der Waals surface area (Å²) in [5.41, 5.74) is 0.0295. The van der Waals surface area contributed by atoms with Gasteiger partial charge in [-0.2, -0.15) is 0 Å². The summed E-state index contributed by atoms with van der Waals surface area (Å²) < 4.78 is 26.5. The second-order valence-corrected chi connectivity index (χ2v) is 8.34. The highest BCUT2D eigenvalue weighted by Crippen LogP contribution is 2.22. The Bertz CT molecular complexity index is 847. The first-order chi connectivity index (χ1) is 10.3. The van der Waals surface area contributed by atoms with Crippen LogP contribution in [0.5, 0.6) is 0 Å². The molecule has 0 radical (unpaired) electrons. The minimum Gasteiger partial charge on any atom is -0.268 e. The molecule has 0 aliphatic rings. The van der Waals surface area contributed by atoms with Crippen LogP contribution in [0.4, 0.5) is 0 Å². The van der Waals surface area contributed by atoms with Gasteiger partial charge in [-0.25, -0.2) is 13.1 Å². The van der Waals surface area contributed by atoms with E-state index in [1.54, 1.807) is 6.07 Å². The molecule has 9 heteroatoms. The summed E-state index contributed by atoms with van der Waals surface area (Å²) in [5.74, 6) is -0.821. The molecule has 0 saturated heterocycles. The predicted octanol–water partition coefficient (Wildman–Crippen LogP) is 4.55. The highest BCUT2D eigenvalue weighted by Gasteiger charge is 2.16. The van der Waals surface area contributed by atoms with Crippen LogP contribution in [0, 0.1) is 0 Å². The van der Waals surface area contributed by atoms with Crippen LogP contribution in [-0.2, 0) is 10.0 Å². The van der Waals surface area contributed by atoms with Crippen molar-refractivity contribution in [1.29, 1.82) is 0 Å². The standard InChI is InChI=1S/C13H8BrCl2NO3S2/c14-8-5-10(21-7-8)3-4-22(19,20)17-13(18)11-2-1-9(15)6-12(11)16/h1-7H,(H,17,18)/b4-3+. The molecule has 0 fully saturated rings. The van der Waals surface area contributed by atoms with E-state index >= 15 is 0 Å². The number of carbonyl (C=O) groups is 1. The van der Waals surface area contributed by atoms with Gasteiger partial charge in [0.05, 0.1) is 16.0 Å². The van der Waals surface area contributed by atoms with Crippen molar-refractivity contribution < 1.29 is 13.2 Å². The van der Waals surface area contributed by atoms with Crippen LogP contribution in [-0.4, -0.2) is 14.3 Å². The van der Waals surface area contributed by atoms with Crippen molar-refractivity contribution in [2.45, 2.75) is 0 Å². The fourth-order valence-electron chi connectivity index (χ4n) is 1.46. The Hall–Kier alpha value is -0.860. The monoisotopic (exact) mass is 439 g/mol. The lowest BCUT2D eigenvalue weighted by Crippen LogP contribution is -2.28. The van der Waals surface area contributed by atoms with Gasteiger partial charge in [0.15, 0.2) is 0 Å². The van der Waals surface area contributed by atoms with Crippen LogP contribution in [0.3, 0.4) is 0 Å². The van der Waals surface area contributed by atoms with Crippen molar-refractivity contribution in [3.05, 3.63) is 60.0 Å². The Morgan fingerprint density at radius 2 is 2.00 bits per heavy atom. The van der Waals surface area contributed by atoms with Gasteiger partial charge >= 0.3 is 0 Å². The lowest BCUT2D eigenvalue weighted by molar-refractivity contribution is 0.0982. The van der Waals surface area contributed by atoms with E-state index in [1.807, 2.05) is 10.1 Å². The van der Waals surface area contributed by atoms with Gasteiger partial charge in [-0.1, -0.05) is 23.2 Å². The minimum absolute atomic E-state index is 0.0295. The first-order valence-corrected chi connectivity index (χ1v) is 9.69. The second-order valence-electron chi connectivity index (χ2n) is 4.07. The van der Waals surface area contributed by atoms with Gasteiger partial charge in [0.1, 0.15) is 0 Å². The Morgan fingerprint density at radius 1 is 1.27 bits per heavy atom. The smallest absolute Gasteiger partial charge is 0.266 e. The van der Waals surface area contributed by atoms with Crippen molar-refractivity contribution in [2.24, 2.45) is 0 Å². The van der Waals surface area contributed by atoms with E-state index in [1.165, 1.54) is 35.6 Å². The largest absolute Gasteiger partial charge is 0.268 e. The highest BCUT2D eigenvalue weighted by molar-refractivity contribution is 9.10. The van der Waals surface area contributed by atoms with Crippen molar-refractivity contribution in [2.75, 3.05) is 0 Å². The van der Waals surface area contributed by atoms with Gasteiger partial charge in [-0.15, -0.1) is 11.3 Å². The highest BCUT2D eigenvalue weighted by atomic mass is 79.9. The molecule has 4 nitrogen and oxygen atoms in total. The fraction of sp³-hybridized carbons (Fsp3) is 0. The molecular weight excluding hydrogens is 433 g/mol. The number of hydrogen-bond donors (Lipinski definition) is 1. The third-order valence-electron chi connectivity index (χ3n) is 2.41. The average molecular weight is 441 g/mol. The molecule has 1 aromatic heterocycles. The maximum atomic E-state index is 12.0. The quantitative estimate of drug-likeness (QED) is 0.758. The van der Waals surface area contributed by atoms with Crippen LogP contribution in [0.25, 0.3) is 6.08 Å². The van der Waals surface area contributed by atoms with E-state index in [0.717, 1.165) is 14.8 Å². The molecule has 116 valence electrons. The maximum absolute atomic E-state index is 12.0. The first-order valence-electron chi connectivity index (χ1n) is 5.71. The SMILES string of the molecule is O=C(NS(=O)(=O)/C=C/c1cc(Br)cs1)c1ccc(Cl)cc1Cl. The third-order valence-corrected chi connectivity index (χ3v) is 5.58. The van der Waals surface area contributed by atoms with Gasteiger partial charge in [0, 0.05) is 19.8 Å². The number of halogens is 3. The summed E-state index contributed by atoms with van der Waals surface area (Å²) in [5, 5.41) is 3.17. The summed E-state index contributed by atoms with van der Waals surface area (Å²) in [6.07, 6.45) is 1.40. The third kappa shape index (κ3) is 4.82. The molecule has 0 bridgehead atoms. The van der Waals surface area contributed by atoms with Crippen molar-refractivity contribution in [1.82, 2.24) is 4.72 Å². The van der Waals surface area contributed by atoms with Crippen LogP contribution < -0.4 is 4.72 Å². The lowest BCUT2D eigenvalue weighted by Gasteiger charge is -2.05. The molecule has 0 saturated carbocycles. The van der Waals surface area contributed by atoms with Crippen LogP contribution in [0.2, 0.25) is 10.0 Å². The lowest BCUT2D eigenvalue weighted by atomic mass is 10.2. The topological polar surface area (TPSA) is 63.2 Å². The Morgan fingerprint density at radius 3 is 2.59 bits per heavy atom. The Labute approximate surface area is 149 Å². The van der Waals surface area contributed by atoms with Gasteiger partial charge in [-0.05, 0) is 46.3 Å². The van der Waals surface area contributed by atoms with E-state index < -0.39 is 15.9 Å². The molecule has 0 spiro atoms. The number of amides is 1. The number of benzene rings is 1. The second kappa shape index (κ2) is 7.14. The van der Waals surface area contributed by atoms with Gasteiger partial charge < -0.3 is 0 Å². The summed E-state index contributed by atoms with van der Waals surface area (Å²) >= 11 is 16.2. The zero-order valence-electron chi connectivity index (χ0n) is 10.7. The normalized spacial score (nSPS) is 11.8. The van der Waals surface area contributed by atoms with E-state index in [2.05, 4.69) is 15.9 Å². The maximum Gasteiger partial charge on any atom is 0.266 e. The van der Waals surface area contributed by atoms with E-state index in [9.17, 15) is 13.2 Å². The van der Waals surface area contributed by atoms with Crippen molar-refractivity contribution in [3.8, 4) is 0 Å². The molecule has 22 heavy (non-hydrogen) atoms. The molecule has 1 aromatic carbocycles.